The van der Waals surface area contributed by atoms with Crippen LogP contribution in [0.5, 0.6) is 28.7 Å². The average molecular weight is 455 g/mol. The fraction of sp³-hybridized carbons (Fsp3) is 0.304. The Morgan fingerprint density at radius 1 is 0.970 bits per heavy atom. The number of rotatable bonds is 7. The lowest BCUT2D eigenvalue weighted by Gasteiger charge is -2.19. The molecule has 0 unspecified atom stereocenters. The van der Waals surface area contributed by atoms with Crippen molar-refractivity contribution >= 4 is 28.4 Å². The molecule has 3 N–H and O–H groups in total. The number of anilines is 1. The Morgan fingerprint density at radius 2 is 1.70 bits per heavy atom. The van der Waals surface area contributed by atoms with Crippen molar-refractivity contribution < 1.29 is 33.3 Å². The summed E-state index contributed by atoms with van der Waals surface area (Å²) < 4.78 is 27.2. The number of hydrogen-bond acceptors (Lipinski definition) is 7. The second kappa shape index (κ2) is 9.19. The van der Waals surface area contributed by atoms with E-state index in [9.17, 15) is 9.59 Å². The molecule has 0 aliphatic carbocycles. The molecule has 2 heterocycles. The highest BCUT2D eigenvalue weighted by Crippen LogP contribution is 2.43. The molecule has 174 valence electrons. The van der Waals surface area contributed by atoms with Gasteiger partial charge in [-0.2, -0.15) is 0 Å². The molecule has 0 saturated heterocycles. The molecule has 0 bridgehead atoms. The van der Waals surface area contributed by atoms with E-state index in [1.165, 1.54) is 21.3 Å². The van der Waals surface area contributed by atoms with Crippen molar-refractivity contribution in [1.29, 1.82) is 0 Å². The van der Waals surface area contributed by atoms with Gasteiger partial charge >= 0.3 is 0 Å². The molecule has 10 heteroatoms. The lowest BCUT2D eigenvalue weighted by atomic mass is 10.2. The Balaban J connectivity index is 1.48. The fourth-order valence-corrected chi connectivity index (χ4v) is 3.58. The number of nitrogens with one attached hydrogen (secondary N) is 3. The number of methoxy groups -OCH3 is 3. The summed E-state index contributed by atoms with van der Waals surface area (Å²) in [6, 6.07) is 7.72. The molecule has 0 spiro atoms. The summed E-state index contributed by atoms with van der Waals surface area (Å²) in [7, 11) is 4.53. The minimum Gasteiger partial charge on any atom is -0.493 e. The Morgan fingerprint density at radius 3 is 2.39 bits per heavy atom. The minimum atomic E-state index is -0.803. The van der Waals surface area contributed by atoms with E-state index in [1.54, 1.807) is 37.3 Å². The van der Waals surface area contributed by atoms with Crippen LogP contribution in [0.15, 0.2) is 30.3 Å². The van der Waals surface area contributed by atoms with E-state index in [2.05, 4.69) is 15.6 Å². The maximum absolute atomic E-state index is 12.8. The summed E-state index contributed by atoms with van der Waals surface area (Å²) in [5.41, 5.74) is 1.38. The van der Waals surface area contributed by atoms with E-state index in [4.69, 9.17) is 23.7 Å². The quantitative estimate of drug-likeness (QED) is 0.501. The Hall–Kier alpha value is -4.08. The number of carbonyl (C=O) groups excluding carboxylic acids is 2. The third kappa shape index (κ3) is 4.32. The lowest BCUT2D eigenvalue weighted by Crippen LogP contribution is -2.41. The number of carbonyl (C=O) groups is 2. The van der Waals surface area contributed by atoms with Gasteiger partial charge in [-0.15, -0.1) is 0 Å². The van der Waals surface area contributed by atoms with Crippen molar-refractivity contribution in [1.82, 2.24) is 10.3 Å². The number of amides is 2. The molecular weight excluding hydrogens is 430 g/mol. The van der Waals surface area contributed by atoms with Gasteiger partial charge in [-0.25, -0.2) is 0 Å². The monoisotopic (exact) mass is 455 g/mol. The Kier molecular flexibility index (Phi) is 6.16. The van der Waals surface area contributed by atoms with E-state index in [0.717, 1.165) is 0 Å². The van der Waals surface area contributed by atoms with Crippen molar-refractivity contribution in [3.8, 4) is 28.7 Å². The zero-order chi connectivity index (χ0) is 23.5. The van der Waals surface area contributed by atoms with E-state index < -0.39 is 11.9 Å². The van der Waals surface area contributed by atoms with Gasteiger partial charge in [-0.3, -0.25) is 9.59 Å². The van der Waals surface area contributed by atoms with Gasteiger partial charge in [0.05, 0.1) is 26.8 Å². The van der Waals surface area contributed by atoms with Gasteiger partial charge in [-0.05, 0) is 31.2 Å². The maximum Gasteiger partial charge on any atom is 0.268 e. The van der Waals surface area contributed by atoms with Crippen molar-refractivity contribution in [3.05, 3.63) is 36.0 Å². The summed E-state index contributed by atoms with van der Waals surface area (Å²) in [5, 5.41) is 6.16. The van der Waals surface area contributed by atoms with Crippen LogP contribution in [0, 0.1) is 0 Å². The number of aromatic amines is 1. The van der Waals surface area contributed by atoms with Gasteiger partial charge in [0.1, 0.15) is 24.9 Å². The van der Waals surface area contributed by atoms with Crippen LogP contribution in [0.1, 0.15) is 17.4 Å². The molecule has 2 amide bonds. The number of hydrogen-bond donors (Lipinski definition) is 3. The van der Waals surface area contributed by atoms with Gasteiger partial charge in [0.2, 0.25) is 11.7 Å². The molecule has 10 nitrogen and oxygen atoms in total. The summed E-state index contributed by atoms with van der Waals surface area (Å²) >= 11 is 0. The van der Waals surface area contributed by atoms with E-state index in [-0.39, 0.29) is 11.6 Å². The van der Waals surface area contributed by atoms with E-state index >= 15 is 0 Å². The first kappa shape index (κ1) is 22.1. The molecule has 1 aliphatic rings. The first-order chi connectivity index (χ1) is 15.9. The molecule has 1 aliphatic heterocycles. The van der Waals surface area contributed by atoms with Gasteiger partial charge in [-0.1, -0.05) is 0 Å². The first-order valence-electron chi connectivity index (χ1n) is 10.3. The molecule has 0 radical (unpaired) electrons. The summed E-state index contributed by atoms with van der Waals surface area (Å²) in [6.07, 6.45) is 0. The smallest absolute Gasteiger partial charge is 0.268 e. The first-order valence-corrected chi connectivity index (χ1v) is 10.3. The normalized spacial score (nSPS) is 13.2. The highest BCUT2D eigenvalue weighted by molar-refractivity contribution is 6.04. The van der Waals surface area contributed by atoms with Crippen molar-refractivity contribution in [2.75, 3.05) is 39.9 Å². The predicted octanol–water partition coefficient (Wildman–Crippen LogP) is 2.72. The largest absolute Gasteiger partial charge is 0.493 e. The topological polar surface area (TPSA) is 120 Å². The second-order valence-electron chi connectivity index (χ2n) is 7.34. The summed E-state index contributed by atoms with van der Waals surface area (Å²) in [6.45, 7) is 2.53. The van der Waals surface area contributed by atoms with Gasteiger partial charge in [0.15, 0.2) is 23.0 Å². The van der Waals surface area contributed by atoms with Gasteiger partial charge in [0, 0.05) is 17.1 Å². The second-order valence-corrected chi connectivity index (χ2v) is 7.34. The molecule has 4 rings (SSSR count). The molecule has 1 aromatic heterocycles. The van der Waals surface area contributed by atoms with Crippen molar-refractivity contribution in [2.45, 2.75) is 13.0 Å². The van der Waals surface area contributed by atoms with Crippen LogP contribution in [0.3, 0.4) is 0 Å². The zero-order valence-corrected chi connectivity index (χ0v) is 18.7. The SMILES string of the molecule is COc1cc2cc(C(=O)N[C@H](C)C(=O)Nc3ccc4c(c3)OCCO4)[nH]c2c(OC)c1OC. The molecule has 33 heavy (non-hydrogen) atoms. The third-order valence-electron chi connectivity index (χ3n) is 5.22. The van der Waals surface area contributed by atoms with E-state index in [1.807, 2.05) is 0 Å². The van der Waals surface area contributed by atoms with Crippen LogP contribution in [0.2, 0.25) is 0 Å². The molecule has 2 aromatic carbocycles. The average Bonchev–Trinajstić information content (AvgIpc) is 3.26. The lowest BCUT2D eigenvalue weighted by molar-refractivity contribution is -0.117. The van der Waals surface area contributed by atoms with Crippen LogP contribution in [-0.4, -0.2) is 57.4 Å². The maximum atomic E-state index is 12.8. The highest BCUT2D eigenvalue weighted by atomic mass is 16.6. The van der Waals surface area contributed by atoms with Crippen LogP contribution >= 0.6 is 0 Å². The molecule has 0 saturated carbocycles. The van der Waals surface area contributed by atoms with Gasteiger partial charge in [0.25, 0.3) is 5.91 Å². The van der Waals surface area contributed by atoms with Crippen molar-refractivity contribution in [3.63, 3.8) is 0 Å². The Labute approximate surface area is 190 Å². The van der Waals surface area contributed by atoms with Crippen LogP contribution in [-0.2, 0) is 4.79 Å². The van der Waals surface area contributed by atoms with E-state index in [0.29, 0.717) is 58.6 Å². The predicted molar refractivity (Wildman–Crippen MR) is 121 cm³/mol. The molecule has 1 atom stereocenters. The number of H-pyrrole nitrogens is 1. The van der Waals surface area contributed by atoms with Crippen LogP contribution < -0.4 is 34.3 Å². The Bertz CT molecular complexity index is 1200. The molecule has 0 fully saturated rings. The van der Waals surface area contributed by atoms with Crippen LogP contribution in [0.25, 0.3) is 10.9 Å². The number of fused-ring (bicyclic) bond motifs is 2. The standard InChI is InChI=1S/C23H25N3O7/c1-12(22(27)25-14-5-6-16-17(11-14)33-8-7-32-16)24-23(28)15-9-13-10-18(29-2)20(30-3)21(31-4)19(13)26-15/h5-6,9-12,26H,7-8H2,1-4H3,(H,24,28)(H,25,27)/t12-/m1/s1. The number of ether oxygens (including phenoxy) is 5. The third-order valence-corrected chi connectivity index (χ3v) is 5.22. The highest BCUT2D eigenvalue weighted by Gasteiger charge is 2.22. The van der Waals surface area contributed by atoms with Crippen molar-refractivity contribution in [2.24, 2.45) is 0 Å². The molecule has 3 aromatic rings. The minimum absolute atomic E-state index is 0.262. The van der Waals surface area contributed by atoms with Gasteiger partial charge < -0.3 is 39.3 Å². The van der Waals surface area contributed by atoms with Crippen LogP contribution in [0.4, 0.5) is 5.69 Å². The fourth-order valence-electron chi connectivity index (χ4n) is 3.58. The summed E-state index contributed by atoms with van der Waals surface area (Å²) in [5.74, 6) is 1.66. The summed E-state index contributed by atoms with van der Waals surface area (Å²) in [4.78, 5) is 28.5. The molecular formula is C23H25N3O7. The number of aromatic nitrogens is 1. The zero-order valence-electron chi connectivity index (χ0n) is 18.7. The number of benzene rings is 2.